The van der Waals surface area contributed by atoms with Crippen LogP contribution in [0, 0.1) is 5.82 Å². The smallest absolute Gasteiger partial charge is 0.243 e. The van der Waals surface area contributed by atoms with Gasteiger partial charge in [-0.3, -0.25) is 4.79 Å². The first-order chi connectivity index (χ1) is 10.9. The van der Waals surface area contributed by atoms with Crippen molar-refractivity contribution in [3.63, 3.8) is 0 Å². The summed E-state index contributed by atoms with van der Waals surface area (Å²) in [6.45, 7) is 1.96. The van der Waals surface area contributed by atoms with Gasteiger partial charge in [-0.1, -0.05) is 0 Å². The highest BCUT2D eigenvalue weighted by atomic mass is 35.5. The van der Waals surface area contributed by atoms with Crippen LogP contribution >= 0.6 is 12.4 Å². The van der Waals surface area contributed by atoms with E-state index in [0.717, 1.165) is 12.1 Å². The summed E-state index contributed by atoms with van der Waals surface area (Å²) in [5, 5.41) is 0. The van der Waals surface area contributed by atoms with Crippen LogP contribution in [0.15, 0.2) is 29.2 Å². The Kier molecular flexibility index (Phi) is 8.08. The topological polar surface area (TPSA) is 83.7 Å². The second kappa shape index (κ2) is 9.31. The number of sulfonamides is 1. The molecule has 6 nitrogen and oxygen atoms in total. The third kappa shape index (κ3) is 5.14. The molecule has 1 amide bonds. The minimum atomic E-state index is -3.66. The Morgan fingerprint density at radius 2 is 1.79 bits per heavy atom. The van der Waals surface area contributed by atoms with E-state index in [2.05, 4.69) is 0 Å². The maximum Gasteiger partial charge on any atom is 0.243 e. The number of hydrogen-bond acceptors (Lipinski definition) is 4. The van der Waals surface area contributed by atoms with E-state index in [1.54, 1.807) is 4.90 Å². The first-order valence-corrected chi connectivity index (χ1v) is 9.12. The Morgan fingerprint density at radius 1 is 1.12 bits per heavy atom. The van der Waals surface area contributed by atoms with E-state index in [-0.39, 0.29) is 29.8 Å². The molecule has 24 heavy (non-hydrogen) atoms. The van der Waals surface area contributed by atoms with Crippen molar-refractivity contribution in [2.45, 2.75) is 24.2 Å². The zero-order valence-electron chi connectivity index (χ0n) is 13.4. The fourth-order valence-electron chi connectivity index (χ4n) is 2.55. The number of rotatable bonds is 5. The van der Waals surface area contributed by atoms with E-state index in [9.17, 15) is 17.6 Å². The van der Waals surface area contributed by atoms with Gasteiger partial charge in [0.1, 0.15) is 5.82 Å². The van der Waals surface area contributed by atoms with Crippen molar-refractivity contribution in [2.75, 3.05) is 32.7 Å². The molecule has 1 heterocycles. The predicted molar refractivity (Wildman–Crippen MR) is 91.9 cm³/mol. The van der Waals surface area contributed by atoms with Crippen LogP contribution in [-0.2, 0) is 14.8 Å². The summed E-state index contributed by atoms with van der Waals surface area (Å²) in [7, 11) is -3.66. The monoisotopic (exact) mass is 379 g/mol. The van der Waals surface area contributed by atoms with Crippen molar-refractivity contribution in [1.29, 1.82) is 0 Å². The zero-order chi connectivity index (χ0) is 16.9. The molecular formula is C15H23ClFN3O3S. The van der Waals surface area contributed by atoms with Crippen molar-refractivity contribution in [2.24, 2.45) is 5.73 Å². The molecule has 0 aromatic heterocycles. The molecular weight excluding hydrogens is 357 g/mol. The number of halogens is 2. The molecule has 1 aliphatic rings. The van der Waals surface area contributed by atoms with E-state index in [0.29, 0.717) is 45.4 Å². The number of carbonyl (C=O) groups excluding carboxylic acids is 1. The van der Waals surface area contributed by atoms with E-state index in [1.165, 1.54) is 16.4 Å². The quantitative estimate of drug-likeness (QED) is 0.833. The maximum atomic E-state index is 13.0. The van der Waals surface area contributed by atoms with Gasteiger partial charge in [-0.25, -0.2) is 12.8 Å². The van der Waals surface area contributed by atoms with Crippen LogP contribution in [-0.4, -0.2) is 56.3 Å². The summed E-state index contributed by atoms with van der Waals surface area (Å²) in [6.07, 6.45) is 1.60. The molecule has 1 fully saturated rings. The SMILES string of the molecule is Cl.NCCCC(=O)N1CCCN(S(=O)(=O)c2ccc(F)cc2)CC1. The van der Waals surface area contributed by atoms with Gasteiger partial charge in [-0.2, -0.15) is 4.31 Å². The molecule has 9 heteroatoms. The number of amides is 1. The number of hydrogen-bond donors (Lipinski definition) is 1. The van der Waals surface area contributed by atoms with Gasteiger partial charge >= 0.3 is 0 Å². The van der Waals surface area contributed by atoms with Crippen LogP contribution in [0.5, 0.6) is 0 Å². The summed E-state index contributed by atoms with van der Waals surface area (Å²) < 4.78 is 39.5. The Labute approximate surface area is 148 Å². The van der Waals surface area contributed by atoms with Gasteiger partial charge in [-0.05, 0) is 43.7 Å². The Hall–Kier alpha value is -1.22. The number of carbonyl (C=O) groups is 1. The van der Waals surface area contributed by atoms with Crippen molar-refractivity contribution in [3.05, 3.63) is 30.1 Å². The Balaban J connectivity index is 0.00000288. The lowest BCUT2D eigenvalue weighted by atomic mass is 10.2. The fourth-order valence-corrected chi connectivity index (χ4v) is 4.02. The molecule has 0 radical (unpaired) electrons. The minimum Gasteiger partial charge on any atom is -0.341 e. The van der Waals surface area contributed by atoms with Crippen molar-refractivity contribution < 1.29 is 17.6 Å². The molecule has 0 bridgehead atoms. The summed E-state index contributed by atoms with van der Waals surface area (Å²) in [4.78, 5) is 13.8. The van der Waals surface area contributed by atoms with Crippen LogP contribution in [0.4, 0.5) is 4.39 Å². The van der Waals surface area contributed by atoms with Gasteiger partial charge in [0, 0.05) is 32.6 Å². The van der Waals surface area contributed by atoms with E-state index < -0.39 is 15.8 Å². The molecule has 0 spiro atoms. The Bertz CT molecular complexity index is 640. The highest BCUT2D eigenvalue weighted by Crippen LogP contribution is 2.18. The molecule has 0 unspecified atom stereocenters. The highest BCUT2D eigenvalue weighted by Gasteiger charge is 2.28. The van der Waals surface area contributed by atoms with Gasteiger partial charge in [0.15, 0.2) is 0 Å². The molecule has 0 atom stereocenters. The standard InChI is InChI=1S/C15H22FN3O3S.ClH/c16-13-4-6-14(7-5-13)23(21,22)19-10-2-9-18(11-12-19)15(20)3-1-8-17;/h4-7H,1-3,8-12,17H2;1H. The van der Waals surface area contributed by atoms with Gasteiger partial charge < -0.3 is 10.6 Å². The van der Waals surface area contributed by atoms with Crippen LogP contribution in [0.25, 0.3) is 0 Å². The third-order valence-corrected chi connectivity index (χ3v) is 5.77. The molecule has 136 valence electrons. The first-order valence-electron chi connectivity index (χ1n) is 7.68. The predicted octanol–water partition coefficient (Wildman–Crippen LogP) is 1.21. The van der Waals surface area contributed by atoms with Crippen LogP contribution < -0.4 is 5.73 Å². The van der Waals surface area contributed by atoms with E-state index in [1.807, 2.05) is 0 Å². The fraction of sp³-hybridized carbons (Fsp3) is 0.533. The van der Waals surface area contributed by atoms with Gasteiger partial charge in [-0.15, -0.1) is 12.4 Å². The lowest BCUT2D eigenvalue weighted by Gasteiger charge is -2.22. The lowest BCUT2D eigenvalue weighted by molar-refractivity contribution is -0.131. The first kappa shape index (κ1) is 20.8. The molecule has 0 aliphatic carbocycles. The van der Waals surface area contributed by atoms with Crippen molar-refractivity contribution in [1.82, 2.24) is 9.21 Å². The summed E-state index contributed by atoms with van der Waals surface area (Å²) in [5.41, 5.74) is 5.41. The van der Waals surface area contributed by atoms with Crippen molar-refractivity contribution in [3.8, 4) is 0 Å². The molecule has 2 rings (SSSR count). The average molecular weight is 380 g/mol. The van der Waals surface area contributed by atoms with Gasteiger partial charge in [0.25, 0.3) is 0 Å². The van der Waals surface area contributed by atoms with E-state index >= 15 is 0 Å². The average Bonchev–Trinajstić information content (AvgIpc) is 2.79. The molecule has 0 saturated carbocycles. The molecule has 1 aromatic rings. The van der Waals surface area contributed by atoms with Crippen molar-refractivity contribution >= 4 is 28.3 Å². The van der Waals surface area contributed by atoms with Crippen LogP contribution in [0.3, 0.4) is 0 Å². The van der Waals surface area contributed by atoms with Crippen LogP contribution in [0.2, 0.25) is 0 Å². The molecule has 2 N–H and O–H groups in total. The van der Waals surface area contributed by atoms with Crippen LogP contribution in [0.1, 0.15) is 19.3 Å². The number of nitrogens with zero attached hydrogens (tertiary/aromatic N) is 2. The normalized spacial score (nSPS) is 16.3. The summed E-state index contributed by atoms with van der Waals surface area (Å²) in [5.74, 6) is -0.465. The number of nitrogens with two attached hydrogens (primary N) is 1. The molecule has 1 aromatic carbocycles. The largest absolute Gasteiger partial charge is 0.341 e. The lowest BCUT2D eigenvalue weighted by Crippen LogP contribution is -2.37. The Morgan fingerprint density at radius 3 is 2.42 bits per heavy atom. The third-order valence-electron chi connectivity index (χ3n) is 3.85. The summed E-state index contributed by atoms with van der Waals surface area (Å²) >= 11 is 0. The highest BCUT2D eigenvalue weighted by molar-refractivity contribution is 7.89. The zero-order valence-corrected chi connectivity index (χ0v) is 15.0. The van der Waals surface area contributed by atoms with E-state index in [4.69, 9.17) is 5.73 Å². The summed E-state index contributed by atoms with van der Waals surface area (Å²) in [6, 6.07) is 4.79. The molecule has 1 saturated heterocycles. The number of benzene rings is 1. The maximum absolute atomic E-state index is 13.0. The second-order valence-electron chi connectivity index (χ2n) is 5.48. The van der Waals surface area contributed by atoms with Gasteiger partial charge in [0.05, 0.1) is 4.90 Å². The van der Waals surface area contributed by atoms with Gasteiger partial charge in [0.2, 0.25) is 15.9 Å². The second-order valence-corrected chi connectivity index (χ2v) is 7.42. The minimum absolute atomic E-state index is 0. The molecule has 1 aliphatic heterocycles.